The van der Waals surface area contributed by atoms with Gasteiger partial charge >= 0.3 is 5.97 Å². The number of aromatic nitrogens is 2. The molecule has 0 fully saturated rings. The molecule has 0 aliphatic carbocycles. The Morgan fingerprint density at radius 3 is 2.77 bits per heavy atom. The Bertz CT molecular complexity index is 1320. The van der Waals surface area contributed by atoms with Crippen LogP contribution in [0.3, 0.4) is 0 Å². The van der Waals surface area contributed by atoms with Crippen molar-refractivity contribution in [2.75, 3.05) is 0 Å². The van der Waals surface area contributed by atoms with Gasteiger partial charge in [-0.2, -0.15) is 0 Å². The SMILES string of the molecule is Cc1nc2ccccc2n1CC=C1c2ccccc2COc2ccc(C(=O)O)cc21. The summed E-state index contributed by atoms with van der Waals surface area (Å²) in [5.74, 6) is 0.673. The average Bonchev–Trinajstić information content (AvgIpc) is 2.99. The monoisotopic (exact) mass is 396 g/mol. The number of hydrogen-bond donors (Lipinski definition) is 1. The van der Waals surface area contributed by atoms with Gasteiger partial charge in [-0.05, 0) is 54.0 Å². The summed E-state index contributed by atoms with van der Waals surface area (Å²) < 4.78 is 8.18. The minimum atomic E-state index is -0.953. The van der Waals surface area contributed by atoms with Gasteiger partial charge in [-0.1, -0.05) is 42.5 Å². The van der Waals surface area contributed by atoms with Crippen LogP contribution in [0.1, 0.15) is 32.9 Å². The van der Waals surface area contributed by atoms with E-state index < -0.39 is 5.97 Å². The van der Waals surface area contributed by atoms with E-state index in [0.29, 0.717) is 18.9 Å². The summed E-state index contributed by atoms with van der Waals surface area (Å²) in [4.78, 5) is 16.2. The first-order valence-corrected chi connectivity index (χ1v) is 9.82. The van der Waals surface area contributed by atoms with Crippen LogP contribution in [-0.2, 0) is 13.2 Å². The maximum atomic E-state index is 11.6. The van der Waals surface area contributed by atoms with Crippen molar-refractivity contribution in [1.82, 2.24) is 9.55 Å². The molecule has 1 aromatic heterocycles. The fourth-order valence-corrected chi connectivity index (χ4v) is 4.04. The van der Waals surface area contributed by atoms with Gasteiger partial charge in [0.15, 0.2) is 0 Å². The number of fused-ring (bicyclic) bond motifs is 3. The summed E-state index contributed by atoms with van der Waals surface area (Å²) in [5.41, 5.74) is 6.17. The van der Waals surface area contributed by atoms with Gasteiger partial charge in [0.2, 0.25) is 0 Å². The molecule has 0 atom stereocenters. The summed E-state index contributed by atoms with van der Waals surface area (Å²) in [7, 11) is 0. The second-order valence-electron chi connectivity index (χ2n) is 7.34. The molecular formula is C25H20N2O3. The molecule has 30 heavy (non-hydrogen) atoms. The second-order valence-corrected chi connectivity index (χ2v) is 7.34. The highest BCUT2D eigenvalue weighted by Crippen LogP contribution is 2.37. The van der Waals surface area contributed by atoms with Gasteiger partial charge in [-0.25, -0.2) is 9.78 Å². The smallest absolute Gasteiger partial charge is 0.335 e. The highest BCUT2D eigenvalue weighted by atomic mass is 16.5. The molecule has 1 aliphatic rings. The van der Waals surface area contributed by atoms with Crippen molar-refractivity contribution >= 4 is 22.6 Å². The third-order valence-corrected chi connectivity index (χ3v) is 5.53. The number of para-hydroxylation sites is 2. The van der Waals surface area contributed by atoms with E-state index in [1.807, 2.05) is 43.3 Å². The zero-order chi connectivity index (χ0) is 20.7. The quantitative estimate of drug-likeness (QED) is 0.525. The number of rotatable bonds is 3. The summed E-state index contributed by atoms with van der Waals surface area (Å²) in [6.45, 7) is 3.06. The maximum absolute atomic E-state index is 11.6. The van der Waals surface area contributed by atoms with E-state index >= 15 is 0 Å². The number of hydrogen-bond acceptors (Lipinski definition) is 3. The first kappa shape index (κ1) is 18.2. The number of aryl methyl sites for hydroxylation is 1. The van der Waals surface area contributed by atoms with E-state index in [1.54, 1.807) is 18.2 Å². The number of allylic oxidation sites excluding steroid dienone is 1. The van der Waals surface area contributed by atoms with Gasteiger partial charge < -0.3 is 14.4 Å². The minimum absolute atomic E-state index is 0.242. The molecule has 0 bridgehead atoms. The molecule has 1 N–H and O–H groups in total. The number of benzene rings is 3. The molecule has 0 amide bonds. The number of carbonyl (C=O) groups is 1. The third kappa shape index (κ3) is 3.05. The molecule has 4 aromatic rings. The molecule has 0 radical (unpaired) electrons. The van der Waals surface area contributed by atoms with Crippen molar-refractivity contribution in [3.05, 3.63) is 101 Å². The van der Waals surface area contributed by atoms with Crippen LogP contribution in [-0.4, -0.2) is 20.6 Å². The topological polar surface area (TPSA) is 64.4 Å². The highest BCUT2D eigenvalue weighted by molar-refractivity contribution is 5.92. The Balaban J connectivity index is 1.68. The summed E-state index contributed by atoms with van der Waals surface area (Å²) in [6.07, 6.45) is 2.14. The standard InChI is InChI=1S/C25H20N2O3/c1-16-26-22-8-4-5-9-23(22)27(16)13-12-20-19-7-3-2-6-18(19)15-30-24-11-10-17(25(28)29)14-21(20)24/h2-12,14H,13,15H2,1H3,(H,28,29). The van der Waals surface area contributed by atoms with E-state index in [4.69, 9.17) is 4.74 Å². The lowest BCUT2D eigenvalue weighted by molar-refractivity contribution is 0.0697. The number of ether oxygens (including phenoxy) is 1. The molecule has 1 aliphatic heterocycles. The second kappa shape index (κ2) is 7.19. The molecule has 5 nitrogen and oxygen atoms in total. The molecule has 2 heterocycles. The van der Waals surface area contributed by atoms with Crippen molar-refractivity contribution in [3.8, 4) is 5.75 Å². The van der Waals surface area contributed by atoms with Crippen LogP contribution in [0.4, 0.5) is 0 Å². The van der Waals surface area contributed by atoms with E-state index in [0.717, 1.165) is 39.1 Å². The van der Waals surface area contributed by atoms with Gasteiger partial charge in [0, 0.05) is 12.1 Å². The lowest BCUT2D eigenvalue weighted by atomic mass is 9.93. The third-order valence-electron chi connectivity index (χ3n) is 5.53. The maximum Gasteiger partial charge on any atom is 0.335 e. The van der Waals surface area contributed by atoms with Crippen LogP contribution in [0.2, 0.25) is 0 Å². The zero-order valence-corrected chi connectivity index (χ0v) is 16.5. The Morgan fingerprint density at radius 2 is 1.90 bits per heavy atom. The molecule has 148 valence electrons. The fraction of sp³-hybridized carbons (Fsp3) is 0.120. The molecule has 0 saturated heterocycles. The summed E-state index contributed by atoms with van der Waals surface area (Å²) in [6, 6.07) is 21.2. The van der Waals surface area contributed by atoms with Gasteiger partial charge in [-0.3, -0.25) is 0 Å². The lowest BCUT2D eigenvalue weighted by Crippen LogP contribution is -2.01. The van der Waals surface area contributed by atoms with Gasteiger partial charge in [-0.15, -0.1) is 0 Å². The van der Waals surface area contributed by atoms with Crippen LogP contribution >= 0.6 is 0 Å². The Kier molecular flexibility index (Phi) is 4.36. The number of aromatic carboxylic acids is 1. The van der Waals surface area contributed by atoms with E-state index in [-0.39, 0.29) is 5.56 Å². The number of nitrogens with zero attached hydrogens (tertiary/aromatic N) is 2. The Hall–Kier alpha value is -3.86. The lowest BCUT2D eigenvalue weighted by Gasteiger charge is -2.12. The predicted molar refractivity (Wildman–Crippen MR) is 116 cm³/mol. The minimum Gasteiger partial charge on any atom is -0.488 e. The Labute approximate surface area is 173 Å². The predicted octanol–water partition coefficient (Wildman–Crippen LogP) is 5.07. The number of imidazole rings is 1. The number of carboxylic acids is 1. The normalized spacial score (nSPS) is 14.1. The average molecular weight is 396 g/mol. The van der Waals surface area contributed by atoms with Crippen LogP contribution in [0.5, 0.6) is 5.75 Å². The van der Waals surface area contributed by atoms with Crippen molar-refractivity contribution < 1.29 is 14.6 Å². The van der Waals surface area contributed by atoms with E-state index in [9.17, 15) is 9.90 Å². The molecule has 0 unspecified atom stereocenters. The zero-order valence-electron chi connectivity index (χ0n) is 16.5. The molecule has 0 saturated carbocycles. The molecule has 3 aromatic carbocycles. The first-order chi connectivity index (χ1) is 14.6. The largest absolute Gasteiger partial charge is 0.488 e. The van der Waals surface area contributed by atoms with Crippen LogP contribution in [0.15, 0.2) is 72.8 Å². The fourth-order valence-electron chi connectivity index (χ4n) is 4.04. The van der Waals surface area contributed by atoms with E-state index in [1.165, 1.54) is 0 Å². The van der Waals surface area contributed by atoms with Crippen molar-refractivity contribution in [2.24, 2.45) is 0 Å². The first-order valence-electron chi connectivity index (χ1n) is 9.82. The highest BCUT2D eigenvalue weighted by Gasteiger charge is 2.20. The molecule has 0 spiro atoms. The summed E-state index contributed by atoms with van der Waals surface area (Å²) >= 11 is 0. The van der Waals surface area contributed by atoms with Crippen molar-refractivity contribution in [3.63, 3.8) is 0 Å². The Morgan fingerprint density at radius 1 is 1.10 bits per heavy atom. The van der Waals surface area contributed by atoms with Crippen molar-refractivity contribution in [2.45, 2.75) is 20.1 Å². The molecule has 5 heteroatoms. The van der Waals surface area contributed by atoms with Crippen molar-refractivity contribution in [1.29, 1.82) is 0 Å². The molecular weight excluding hydrogens is 376 g/mol. The van der Waals surface area contributed by atoms with Crippen LogP contribution in [0.25, 0.3) is 16.6 Å². The van der Waals surface area contributed by atoms with Gasteiger partial charge in [0.05, 0.1) is 16.6 Å². The molecule has 5 rings (SSSR count). The van der Waals surface area contributed by atoms with Crippen LogP contribution in [0, 0.1) is 6.92 Å². The van der Waals surface area contributed by atoms with Gasteiger partial charge in [0.1, 0.15) is 18.2 Å². The number of carboxylic acid groups (broad SMARTS) is 1. The van der Waals surface area contributed by atoms with E-state index in [2.05, 4.69) is 27.8 Å². The summed E-state index contributed by atoms with van der Waals surface area (Å²) in [5, 5.41) is 9.50. The van der Waals surface area contributed by atoms with Crippen LogP contribution < -0.4 is 4.74 Å². The van der Waals surface area contributed by atoms with Gasteiger partial charge in [0.25, 0.3) is 0 Å².